The molecule has 5 aromatic rings. The summed E-state index contributed by atoms with van der Waals surface area (Å²) < 4.78 is 33.0. The number of benzene rings is 1. The van der Waals surface area contributed by atoms with E-state index in [0.717, 1.165) is 28.5 Å². The van der Waals surface area contributed by atoms with Gasteiger partial charge in [0.25, 0.3) is 0 Å². The summed E-state index contributed by atoms with van der Waals surface area (Å²) in [5, 5.41) is 17.5. The number of aliphatic hydroxyl groups excluding tert-OH is 1. The molecule has 35 heavy (non-hydrogen) atoms. The van der Waals surface area contributed by atoms with Crippen molar-refractivity contribution >= 4 is 5.52 Å². The lowest BCUT2D eigenvalue weighted by Crippen LogP contribution is -2.20. The molecule has 4 aromatic heterocycles. The molecule has 0 spiro atoms. The second-order valence-corrected chi connectivity index (χ2v) is 8.76. The molecular formula is C25H20F2N6O2. The van der Waals surface area contributed by atoms with Gasteiger partial charge in [0.15, 0.2) is 5.82 Å². The minimum absolute atomic E-state index is 0.0777. The maximum Gasteiger partial charge on any atom is 0.338 e. The predicted molar refractivity (Wildman–Crippen MR) is 124 cm³/mol. The zero-order chi connectivity index (χ0) is 24.3. The summed E-state index contributed by atoms with van der Waals surface area (Å²) in [5.41, 5.74) is 2.66. The number of pyridine rings is 2. The molecule has 0 aliphatic heterocycles. The zero-order valence-corrected chi connectivity index (χ0v) is 18.7. The van der Waals surface area contributed by atoms with Crippen LogP contribution in [0.3, 0.4) is 0 Å². The molecule has 1 fully saturated rings. The van der Waals surface area contributed by atoms with Crippen molar-refractivity contribution < 1.29 is 13.9 Å². The molecule has 0 amide bonds. The number of hydrogen-bond donors (Lipinski definition) is 1. The maximum absolute atomic E-state index is 14.6. The van der Waals surface area contributed by atoms with Gasteiger partial charge in [-0.3, -0.25) is 8.97 Å². The fraction of sp³-hybridized carbons (Fsp3) is 0.200. The van der Waals surface area contributed by atoms with Crippen LogP contribution in [0.1, 0.15) is 30.0 Å². The molecule has 0 unspecified atom stereocenters. The number of aromatic nitrogens is 6. The normalized spacial score (nSPS) is 13.6. The van der Waals surface area contributed by atoms with Crippen molar-refractivity contribution in [2.75, 3.05) is 0 Å². The summed E-state index contributed by atoms with van der Waals surface area (Å²) in [6, 6.07) is 9.31. The van der Waals surface area contributed by atoms with E-state index >= 15 is 0 Å². The van der Waals surface area contributed by atoms with E-state index in [0.29, 0.717) is 22.8 Å². The smallest absolute Gasteiger partial charge is 0.338 e. The summed E-state index contributed by atoms with van der Waals surface area (Å²) in [4.78, 5) is 17.9. The van der Waals surface area contributed by atoms with Gasteiger partial charge in [-0.25, -0.2) is 18.6 Å². The Bertz CT molecular complexity index is 1660. The molecule has 1 aliphatic rings. The largest absolute Gasteiger partial charge is 0.392 e. The van der Waals surface area contributed by atoms with Gasteiger partial charge in [0.1, 0.15) is 29.3 Å². The van der Waals surface area contributed by atoms with Gasteiger partial charge >= 0.3 is 5.69 Å². The monoisotopic (exact) mass is 474 g/mol. The number of fused-ring (bicyclic) bond motifs is 1. The minimum atomic E-state index is -0.617. The van der Waals surface area contributed by atoms with Crippen LogP contribution in [-0.2, 0) is 13.7 Å². The molecule has 0 bridgehead atoms. The Labute approximate surface area is 197 Å². The van der Waals surface area contributed by atoms with Crippen LogP contribution < -0.4 is 5.69 Å². The molecule has 1 saturated carbocycles. The van der Waals surface area contributed by atoms with Crippen molar-refractivity contribution in [3.63, 3.8) is 0 Å². The highest BCUT2D eigenvalue weighted by molar-refractivity contribution is 5.81. The van der Waals surface area contributed by atoms with Gasteiger partial charge in [-0.1, -0.05) is 6.07 Å². The summed E-state index contributed by atoms with van der Waals surface area (Å²) in [7, 11) is 1.78. The SMILES string of the molecule is Cn1cnnc1-c1cc(F)ccc1-c1cc(C2CC2)nc(-n2cc3c(F)cc(CO)cn3c2=O)c1. The Morgan fingerprint density at radius 1 is 1.09 bits per heavy atom. The Morgan fingerprint density at radius 3 is 2.63 bits per heavy atom. The van der Waals surface area contributed by atoms with Gasteiger partial charge in [0, 0.05) is 36.6 Å². The first-order valence-electron chi connectivity index (χ1n) is 11.1. The molecule has 10 heteroatoms. The van der Waals surface area contributed by atoms with Gasteiger partial charge in [0.2, 0.25) is 0 Å². The molecule has 1 N–H and O–H groups in total. The fourth-order valence-electron chi connectivity index (χ4n) is 4.34. The molecular weight excluding hydrogens is 454 g/mol. The molecule has 0 radical (unpaired) electrons. The quantitative estimate of drug-likeness (QED) is 0.421. The maximum atomic E-state index is 14.6. The Hall–Kier alpha value is -4.18. The number of halogens is 2. The molecule has 176 valence electrons. The van der Waals surface area contributed by atoms with Gasteiger partial charge in [-0.05, 0) is 59.9 Å². The number of nitrogens with zero attached hydrogens (tertiary/aromatic N) is 6. The topological polar surface area (TPSA) is 90.2 Å². The van der Waals surface area contributed by atoms with Crippen molar-refractivity contribution in [2.24, 2.45) is 7.05 Å². The lowest BCUT2D eigenvalue weighted by Gasteiger charge is -2.13. The first-order valence-corrected chi connectivity index (χ1v) is 11.1. The Morgan fingerprint density at radius 2 is 1.91 bits per heavy atom. The second kappa shape index (κ2) is 7.95. The van der Waals surface area contributed by atoms with Crippen molar-refractivity contribution in [1.82, 2.24) is 28.7 Å². The van der Waals surface area contributed by atoms with Gasteiger partial charge in [-0.2, -0.15) is 0 Å². The third-order valence-electron chi connectivity index (χ3n) is 6.28. The highest BCUT2D eigenvalue weighted by Crippen LogP contribution is 2.41. The van der Waals surface area contributed by atoms with E-state index in [1.54, 1.807) is 30.1 Å². The van der Waals surface area contributed by atoms with Crippen LogP contribution in [0.25, 0.3) is 33.8 Å². The van der Waals surface area contributed by atoms with Gasteiger partial charge in [0.05, 0.1) is 6.61 Å². The van der Waals surface area contributed by atoms with Crippen molar-refractivity contribution in [1.29, 1.82) is 0 Å². The lowest BCUT2D eigenvalue weighted by atomic mass is 9.98. The number of aryl methyl sites for hydroxylation is 1. The van der Waals surface area contributed by atoms with Gasteiger partial charge < -0.3 is 9.67 Å². The zero-order valence-electron chi connectivity index (χ0n) is 18.7. The van der Waals surface area contributed by atoms with E-state index in [2.05, 4.69) is 10.2 Å². The number of rotatable bonds is 5. The molecule has 0 saturated heterocycles. The van der Waals surface area contributed by atoms with Crippen LogP contribution in [0.4, 0.5) is 8.78 Å². The van der Waals surface area contributed by atoms with Crippen LogP contribution >= 0.6 is 0 Å². The first-order chi connectivity index (χ1) is 16.9. The molecule has 8 nitrogen and oxygen atoms in total. The first kappa shape index (κ1) is 21.4. The highest BCUT2D eigenvalue weighted by Gasteiger charge is 2.27. The summed E-state index contributed by atoms with van der Waals surface area (Å²) in [6.07, 6.45) is 6.32. The van der Waals surface area contributed by atoms with E-state index in [1.165, 1.54) is 35.2 Å². The van der Waals surface area contributed by atoms with Crippen LogP contribution in [0, 0.1) is 11.6 Å². The molecule has 4 heterocycles. The number of aliphatic hydroxyl groups is 1. The minimum Gasteiger partial charge on any atom is -0.392 e. The van der Waals surface area contributed by atoms with Crippen molar-refractivity contribution in [3.05, 3.63) is 88.5 Å². The average Bonchev–Trinajstić information content (AvgIpc) is 3.54. The van der Waals surface area contributed by atoms with Crippen molar-refractivity contribution in [3.8, 4) is 28.3 Å². The predicted octanol–water partition coefficient (Wildman–Crippen LogP) is 3.60. The summed E-state index contributed by atoms with van der Waals surface area (Å²) in [5.74, 6) is 0.0629. The second-order valence-electron chi connectivity index (χ2n) is 8.76. The summed E-state index contributed by atoms with van der Waals surface area (Å²) >= 11 is 0. The van der Waals surface area contributed by atoms with Crippen LogP contribution in [-0.4, -0.2) is 33.8 Å². The lowest BCUT2D eigenvalue weighted by molar-refractivity contribution is 0.280. The highest BCUT2D eigenvalue weighted by atomic mass is 19.1. The van der Waals surface area contributed by atoms with E-state index < -0.39 is 17.3 Å². The average molecular weight is 474 g/mol. The third-order valence-corrected chi connectivity index (χ3v) is 6.28. The molecule has 1 aliphatic carbocycles. The fourth-order valence-corrected chi connectivity index (χ4v) is 4.34. The van der Waals surface area contributed by atoms with Crippen molar-refractivity contribution in [2.45, 2.75) is 25.4 Å². The molecule has 6 rings (SSSR count). The van der Waals surface area contributed by atoms with Crippen LogP contribution in [0.5, 0.6) is 0 Å². The number of imidazole rings is 1. The third kappa shape index (κ3) is 3.62. The van der Waals surface area contributed by atoms with Gasteiger partial charge in [-0.15, -0.1) is 10.2 Å². The van der Waals surface area contributed by atoms with Crippen LogP contribution in [0.15, 0.2) is 59.9 Å². The van der Waals surface area contributed by atoms with Crippen LogP contribution in [0.2, 0.25) is 0 Å². The standard InChI is InChI=1S/C25H20F2N6O2/c1-31-13-28-30-24(31)19-9-17(26)4-5-18(19)16-7-21(15-2-3-15)29-23(8-16)33-11-22-20(27)6-14(12-34)10-32(22)25(33)35/h4-11,13,15,34H,2-3,12H2,1H3. The van der Waals surface area contributed by atoms with E-state index in [4.69, 9.17) is 4.98 Å². The van der Waals surface area contributed by atoms with E-state index in [-0.39, 0.29) is 23.6 Å². The molecule has 0 atom stereocenters. The number of hydrogen-bond acceptors (Lipinski definition) is 5. The van der Waals surface area contributed by atoms with E-state index in [1.807, 2.05) is 6.07 Å². The Kier molecular flexibility index (Phi) is 4.85. The van der Waals surface area contributed by atoms with E-state index in [9.17, 15) is 18.7 Å². The Balaban J connectivity index is 1.58. The summed E-state index contributed by atoms with van der Waals surface area (Å²) in [6.45, 7) is -0.389. The molecule has 1 aromatic carbocycles.